The highest BCUT2D eigenvalue weighted by molar-refractivity contribution is 6.01. The molecule has 0 saturated carbocycles. The van der Waals surface area contributed by atoms with Gasteiger partial charge in [0.25, 0.3) is 0 Å². The van der Waals surface area contributed by atoms with Crippen LogP contribution in [0.4, 0.5) is 4.79 Å². The van der Waals surface area contributed by atoms with Crippen LogP contribution in [0.5, 0.6) is 0 Å². The van der Waals surface area contributed by atoms with E-state index >= 15 is 0 Å². The third kappa shape index (κ3) is 4.59. The van der Waals surface area contributed by atoms with Crippen LogP contribution in [-0.2, 0) is 4.74 Å². The van der Waals surface area contributed by atoms with Crippen molar-refractivity contribution in [2.45, 2.75) is 53.2 Å². The zero-order valence-electron chi connectivity index (χ0n) is 14.0. The Morgan fingerprint density at radius 3 is 2.19 bits per heavy atom. The normalized spacial score (nSPS) is 12.7. The number of ether oxygens (including phenoxy) is 1. The number of rotatable bonds is 3. The number of aryl methyl sites for hydroxylation is 2. The third-order valence-corrected chi connectivity index (χ3v) is 3.43. The molecule has 0 aliphatic carbocycles. The van der Waals surface area contributed by atoms with Gasteiger partial charge in [0.05, 0.1) is 6.04 Å². The molecule has 0 aliphatic heterocycles. The summed E-state index contributed by atoms with van der Waals surface area (Å²) >= 11 is 0. The van der Waals surface area contributed by atoms with Crippen molar-refractivity contribution >= 4 is 11.9 Å². The van der Waals surface area contributed by atoms with Crippen molar-refractivity contribution in [3.05, 3.63) is 34.9 Å². The minimum atomic E-state index is -0.575. The highest BCUT2D eigenvalue weighted by Crippen LogP contribution is 2.15. The number of carbonyl (C=O) groups is 2. The van der Waals surface area contributed by atoms with Gasteiger partial charge in [-0.3, -0.25) is 4.79 Å². The Kier molecular flexibility index (Phi) is 5.15. The highest BCUT2D eigenvalue weighted by atomic mass is 16.6. The quantitative estimate of drug-likeness (QED) is 0.797. The first kappa shape index (κ1) is 17.2. The van der Waals surface area contributed by atoms with Gasteiger partial charge in [-0.25, -0.2) is 4.79 Å². The first-order chi connectivity index (χ1) is 9.53. The van der Waals surface area contributed by atoms with Crippen LogP contribution in [0, 0.1) is 13.8 Å². The molecule has 1 aromatic carbocycles. The van der Waals surface area contributed by atoms with Crippen LogP contribution < -0.4 is 0 Å². The number of nitrogens with zero attached hydrogens (tertiary/aromatic N) is 1. The van der Waals surface area contributed by atoms with Crippen LogP contribution in [0.1, 0.15) is 49.2 Å². The van der Waals surface area contributed by atoms with Crippen molar-refractivity contribution in [2.75, 3.05) is 7.05 Å². The topological polar surface area (TPSA) is 46.6 Å². The summed E-state index contributed by atoms with van der Waals surface area (Å²) in [6.07, 6.45) is -0.493. The molecule has 0 fully saturated rings. The molecule has 1 aromatic rings. The maximum absolute atomic E-state index is 12.5. The fraction of sp³-hybridized carbons (Fsp3) is 0.529. The van der Waals surface area contributed by atoms with Crippen molar-refractivity contribution in [1.82, 2.24) is 4.90 Å². The predicted molar refractivity (Wildman–Crippen MR) is 83.7 cm³/mol. The fourth-order valence-electron chi connectivity index (χ4n) is 1.80. The van der Waals surface area contributed by atoms with Crippen LogP contribution in [0.2, 0.25) is 0 Å². The minimum absolute atomic E-state index is 0.0912. The number of amides is 1. The molecule has 0 heterocycles. The molecule has 0 saturated heterocycles. The van der Waals surface area contributed by atoms with Crippen molar-refractivity contribution in [1.29, 1.82) is 0 Å². The standard InChI is InChI=1S/C17H25NO3/c1-11-8-9-14(10-12(11)2)15(19)13(3)18(7)16(20)21-17(4,5)6/h8-10,13H,1-7H3. The largest absolute Gasteiger partial charge is 0.444 e. The van der Waals surface area contributed by atoms with Gasteiger partial charge >= 0.3 is 6.09 Å². The Morgan fingerprint density at radius 2 is 1.71 bits per heavy atom. The second kappa shape index (κ2) is 6.29. The number of hydrogen-bond acceptors (Lipinski definition) is 3. The number of ketones is 1. The summed E-state index contributed by atoms with van der Waals surface area (Å²) in [5.41, 5.74) is 2.24. The molecule has 116 valence electrons. The summed E-state index contributed by atoms with van der Waals surface area (Å²) < 4.78 is 5.28. The van der Waals surface area contributed by atoms with Crippen LogP contribution in [0.25, 0.3) is 0 Å². The third-order valence-electron chi connectivity index (χ3n) is 3.43. The van der Waals surface area contributed by atoms with E-state index in [1.807, 2.05) is 26.0 Å². The zero-order valence-corrected chi connectivity index (χ0v) is 14.0. The van der Waals surface area contributed by atoms with Gasteiger partial charge in [-0.05, 0) is 58.7 Å². The second-order valence-electron chi connectivity index (χ2n) is 6.43. The summed E-state index contributed by atoms with van der Waals surface area (Å²) in [4.78, 5) is 25.8. The SMILES string of the molecule is Cc1ccc(C(=O)C(C)N(C)C(=O)OC(C)(C)C)cc1C. The summed E-state index contributed by atoms with van der Waals surface area (Å²) in [6.45, 7) is 11.1. The smallest absolute Gasteiger partial charge is 0.410 e. The fourth-order valence-corrected chi connectivity index (χ4v) is 1.80. The van der Waals surface area contributed by atoms with Crippen LogP contribution in [0.15, 0.2) is 18.2 Å². The number of Topliss-reactive ketones (excluding diaryl/α,β-unsaturated/α-hetero) is 1. The Labute approximate surface area is 127 Å². The number of carbonyl (C=O) groups excluding carboxylic acids is 2. The van der Waals surface area contributed by atoms with Gasteiger partial charge < -0.3 is 9.64 Å². The van der Waals surface area contributed by atoms with Crippen LogP contribution in [0.3, 0.4) is 0 Å². The maximum atomic E-state index is 12.5. The molecule has 0 radical (unpaired) electrons. The molecule has 1 amide bonds. The Morgan fingerprint density at radius 1 is 1.14 bits per heavy atom. The van der Waals surface area contributed by atoms with E-state index in [1.54, 1.807) is 40.8 Å². The van der Waals surface area contributed by atoms with Crippen LogP contribution >= 0.6 is 0 Å². The Hall–Kier alpha value is -1.84. The van der Waals surface area contributed by atoms with E-state index < -0.39 is 17.7 Å². The first-order valence-electron chi connectivity index (χ1n) is 7.10. The van der Waals surface area contributed by atoms with E-state index in [-0.39, 0.29) is 5.78 Å². The lowest BCUT2D eigenvalue weighted by atomic mass is 10.00. The molecule has 4 heteroatoms. The molecule has 0 bridgehead atoms. The van der Waals surface area contributed by atoms with Crippen molar-refractivity contribution in [2.24, 2.45) is 0 Å². The maximum Gasteiger partial charge on any atom is 0.410 e. The molecule has 1 atom stereocenters. The van der Waals surface area contributed by atoms with E-state index in [4.69, 9.17) is 4.74 Å². The molecule has 1 unspecified atom stereocenters. The van der Waals surface area contributed by atoms with Crippen molar-refractivity contribution in [3.63, 3.8) is 0 Å². The van der Waals surface area contributed by atoms with Crippen molar-refractivity contribution in [3.8, 4) is 0 Å². The molecule has 0 spiro atoms. The second-order valence-corrected chi connectivity index (χ2v) is 6.43. The van der Waals surface area contributed by atoms with E-state index in [2.05, 4.69) is 0 Å². The van der Waals surface area contributed by atoms with Gasteiger partial charge in [0.15, 0.2) is 5.78 Å². The lowest BCUT2D eigenvalue weighted by molar-refractivity contribution is 0.0231. The summed E-state index contributed by atoms with van der Waals surface area (Å²) in [5, 5.41) is 0. The number of hydrogen-bond donors (Lipinski definition) is 0. The van der Waals surface area contributed by atoms with Crippen molar-refractivity contribution < 1.29 is 14.3 Å². The molecule has 0 aliphatic rings. The summed E-state index contributed by atoms with van der Waals surface area (Å²) in [6, 6.07) is 5.01. The van der Waals surface area contributed by atoms with E-state index in [0.717, 1.165) is 11.1 Å². The van der Waals surface area contributed by atoms with Gasteiger partial charge in [0.2, 0.25) is 0 Å². The van der Waals surface area contributed by atoms with E-state index in [9.17, 15) is 9.59 Å². The number of benzene rings is 1. The monoisotopic (exact) mass is 291 g/mol. The Bertz CT molecular complexity index is 543. The van der Waals surface area contributed by atoms with Crippen LogP contribution in [-0.4, -0.2) is 35.5 Å². The molecular weight excluding hydrogens is 266 g/mol. The lowest BCUT2D eigenvalue weighted by Crippen LogP contribution is -2.43. The van der Waals surface area contributed by atoms with E-state index in [0.29, 0.717) is 5.56 Å². The van der Waals surface area contributed by atoms with Gasteiger partial charge in [-0.1, -0.05) is 12.1 Å². The van der Waals surface area contributed by atoms with Gasteiger partial charge in [0, 0.05) is 12.6 Å². The molecular formula is C17H25NO3. The lowest BCUT2D eigenvalue weighted by Gasteiger charge is -2.28. The summed E-state index contributed by atoms with van der Waals surface area (Å²) in [5.74, 6) is -0.0912. The minimum Gasteiger partial charge on any atom is -0.444 e. The Balaban J connectivity index is 2.86. The van der Waals surface area contributed by atoms with Gasteiger partial charge in [0.1, 0.15) is 5.60 Å². The molecule has 0 N–H and O–H groups in total. The zero-order chi connectivity index (χ0) is 16.4. The predicted octanol–water partition coefficient (Wildman–Crippen LogP) is 3.74. The molecule has 0 aromatic heterocycles. The molecule has 21 heavy (non-hydrogen) atoms. The van der Waals surface area contributed by atoms with Gasteiger partial charge in [-0.15, -0.1) is 0 Å². The first-order valence-corrected chi connectivity index (χ1v) is 7.10. The molecule has 1 rings (SSSR count). The van der Waals surface area contributed by atoms with E-state index in [1.165, 1.54) is 4.90 Å². The number of likely N-dealkylation sites (N-methyl/N-ethyl adjacent to an activating group) is 1. The highest BCUT2D eigenvalue weighted by Gasteiger charge is 2.27. The average molecular weight is 291 g/mol. The summed E-state index contributed by atoms with van der Waals surface area (Å²) in [7, 11) is 1.58. The van der Waals surface area contributed by atoms with Gasteiger partial charge in [-0.2, -0.15) is 0 Å². The molecule has 4 nitrogen and oxygen atoms in total. The average Bonchev–Trinajstić information content (AvgIpc) is 2.37.